The predicted molar refractivity (Wildman–Crippen MR) is 119 cm³/mol. The molecule has 0 saturated carbocycles. The van der Waals surface area contributed by atoms with Gasteiger partial charge in [-0.1, -0.05) is 23.7 Å². The summed E-state index contributed by atoms with van der Waals surface area (Å²) in [5.41, 5.74) is 2.76. The Bertz CT molecular complexity index is 1260. The van der Waals surface area contributed by atoms with Crippen molar-refractivity contribution in [1.29, 1.82) is 5.26 Å². The standard InChI is InChI=1S/C22H19ClN6O3/c1-12-19(21(30)28-16-9-17(31-2)15(23)8-18(16)32-3)20(29-22(27-12)25-11-26-29)14-6-4-13(10-24)5-7-14/h4-9,11,20H,1-3H3,(H,28,30)(H,25,26,27)/t20-/m1/s1. The molecule has 2 heterocycles. The summed E-state index contributed by atoms with van der Waals surface area (Å²) in [6.45, 7) is 1.80. The maximum atomic E-state index is 13.5. The van der Waals surface area contributed by atoms with E-state index in [0.717, 1.165) is 5.56 Å². The Labute approximate surface area is 189 Å². The lowest BCUT2D eigenvalue weighted by atomic mass is 9.94. The topological polar surface area (TPSA) is 114 Å². The molecule has 3 aromatic rings. The number of hydrogen-bond donors (Lipinski definition) is 2. The SMILES string of the molecule is COc1cc(NC(=O)C2=C(C)Nc3ncnn3[C@@H]2c2ccc(C#N)cc2)c(OC)cc1Cl. The smallest absolute Gasteiger partial charge is 0.255 e. The van der Waals surface area contributed by atoms with E-state index in [1.165, 1.54) is 20.5 Å². The number of ether oxygens (including phenoxy) is 2. The maximum Gasteiger partial charge on any atom is 0.255 e. The van der Waals surface area contributed by atoms with Crippen LogP contribution in [0.2, 0.25) is 5.02 Å². The minimum Gasteiger partial charge on any atom is -0.495 e. The maximum absolute atomic E-state index is 13.5. The highest BCUT2D eigenvalue weighted by atomic mass is 35.5. The summed E-state index contributed by atoms with van der Waals surface area (Å²) in [4.78, 5) is 17.7. The number of amides is 1. The van der Waals surface area contributed by atoms with Crippen molar-refractivity contribution in [2.75, 3.05) is 24.9 Å². The summed E-state index contributed by atoms with van der Waals surface area (Å²) in [6.07, 6.45) is 1.42. The number of benzene rings is 2. The number of anilines is 2. The molecule has 0 spiro atoms. The molecule has 9 nitrogen and oxygen atoms in total. The second-order valence-corrected chi connectivity index (χ2v) is 7.38. The Morgan fingerprint density at radius 1 is 1.22 bits per heavy atom. The number of allylic oxidation sites excluding steroid dienone is 1. The van der Waals surface area contributed by atoms with Gasteiger partial charge in [-0.2, -0.15) is 15.3 Å². The monoisotopic (exact) mass is 450 g/mol. The minimum absolute atomic E-state index is 0.361. The summed E-state index contributed by atoms with van der Waals surface area (Å²) < 4.78 is 12.3. The number of rotatable bonds is 5. The van der Waals surface area contributed by atoms with Gasteiger partial charge in [0.2, 0.25) is 5.95 Å². The number of aromatic nitrogens is 3. The van der Waals surface area contributed by atoms with Crippen LogP contribution in [-0.2, 0) is 4.79 Å². The highest BCUT2D eigenvalue weighted by Crippen LogP contribution is 2.38. The first-order chi connectivity index (χ1) is 15.5. The quantitative estimate of drug-likeness (QED) is 0.608. The van der Waals surface area contributed by atoms with Crippen molar-refractivity contribution in [3.05, 3.63) is 70.1 Å². The number of hydrogen-bond acceptors (Lipinski definition) is 7. The molecule has 1 aliphatic rings. The second kappa shape index (κ2) is 8.61. The van der Waals surface area contributed by atoms with Crippen molar-refractivity contribution in [3.63, 3.8) is 0 Å². The molecule has 0 unspecified atom stereocenters. The van der Waals surface area contributed by atoms with E-state index < -0.39 is 6.04 Å². The molecule has 4 rings (SSSR count). The van der Waals surface area contributed by atoms with Crippen molar-refractivity contribution in [2.24, 2.45) is 0 Å². The largest absolute Gasteiger partial charge is 0.495 e. The fraction of sp³-hybridized carbons (Fsp3) is 0.182. The molecule has 0 saturated heterocycles. The molecule has 1 aromatic heterocycles. The molecule has 1 aliphatic heterocycles. The number of nitriles is 1. The van der Waals surface area contributed by atoms with E-state index >= 15 is 0 Å². The van der Waals surface area contributed by atoms with Crippen LogP contribution in [0.1, 0.15) is 24.1 Å². The van der Waals surface area contributed by atoms with Crippen LogP contribution in [0.4, 0.5) is 11.6 Å². The van der Waals surface area contributed by atoms with Gasteiger partial charge >= 0.3 is 0 Å². The van der Waals surface area contributed by atoms with Crippen molar-refractivity contribution in [3.8, 4) is 17.6 Å². The fourth-order valence-electron chi connectivity index (χ4n) is 3.58. The predicted octanol–water partition coefficient (Wildman–Crippen LogP) is 3.75. The van der Waals surface area contributed by atoms with Crippen molar-refractivity contribution in [2.45, 2.75) is 13.0 Å². The first kappa shape index (κ1) is 21.2. The highest BCUT2D eigenvalue weighted by molar-refractivity contribution is 6.32. The molecule has 0 radical (unpaired) electrons. The zero-order valence-electron chi connectivity index (χ0n) is 17.5. The second-order valence-electron chi connectivity index (χ2n) is 6.97. The molecule has 1 amide bonds. The van der Waals surface area contributed by atoms with E-state index in [1.807, 2.05) is 0 Å². The normalized spacial score (nSPS) is 14.8. The van der Waals surface area contributed by atoms with Crippen LogP contribution in [0.5, 0.6) is 11.5 Å². The van der Waals surface area contributed by atoms with Crippen molar-refractivity contribution >= 4 is 29.1 Å². The van der Waals surface area contributed by atoms with E-state index in [0.29, 0.717) is 45.0 Å². The lowest BCUT2D eigenvalue weighted by Gasteiger charge is -2.29. The van der Waals surface area contributed by atoms with Crippen LogP contribution < -0.4 is 20.1 Å². The van der Waals surface area contributed by atoms with Gasteiger partial charge in [-0.15, -0.1) is 0 Å². The number of fused-ring (bicyclic) bond motifs is 1. The average Bonchev–Trinajstić information content (AvgIpc) is 3.26. The Morgan fingerprint density at radius 2 is 1.94 bits per heavy atom. The van der Waals surface area contributed by atoms with Gasteiger partial charge in [0.15, 0.2) is 0 Å². The lowest BCUT2D eigenvalue weighted by Crippen LogP contribution is -2.31. The number of halogens is 1. The first-order valence-electron chi connectivity index (χ1n) is 9.57. The first-order valence-corrected chi connectivity index (χ1v) is 9.94. The van der Waals surface area contributed by atoms with Crippen LogP contribution in [0.3, 0.4) is 0 Å². The average molecular weight is 451 g/mol. The van der Waals surface area contributed by atoms with E-state index in [9.17, 15) is 4.79 Å². The molecule has 10 heteroatoms. The fourth-order valence-corrected chi connectivity index (χ4v) is 3.81. The van der Waals surface area contributed by atoms with Gasteiger partial charge in [0.1, 0.15) is 23.9 Å². The summed E-state index contributed by atoms with van der Waals surface area (Å²) in [7, 11) is 2.98. The third-order valence-electron chi connectivity index (χ3n) is 5.12. The lowest BCUT2D eigenvalue weighted by molar-refractivity contribution is -0.113. The highest BCUT2D eigenvalue weighted by Gasteiger charge is 2.33. The number of carbonyl (C=O) groups excluding carboxylic acids is 1. The molecule has 0 aliphatic carbocycles. The molecule has 32 heavy (non-hydrogen) atoms. The minimum atomic E-state index is -0.554. The summed E-state index contributed by atoms with van der Waals surface area (Å²) in [6, 6.07) is 11.7. The molecule has 0 fully saturated rings. The molecule has 2 N–H and O–H groups in total. The Morgan fingerprint density at radius 3 is 2.59 bits per heavy atom. The van der Waals surface area contributed by atoms with Crippen LogP contribution >= 0.6 is 11.6 Å². The van der Waals surface area contributed by atoms with Gasteiger partial charge in [0.05, 0.1) is 42.1 Å². The molecule has 2 aromatic carbocycles. The van der Waals surface area contributed by atoms with Gasteiger partial charge in [0, 0.05) is 17.8 Å². The van der Waals surface area contributed by atoms with Crippen LogP contribution in [0.25, 0.3) is 0 Å². The van der Waals surface area contributed by atoms with Crippen molar-refractivity contribution in [1.82, 2.24) is 14.8 Å². The number of nitrogens with zero attached hydrogens (tertiary/aromatic N) is 4. The van der Waals surface area contributed by atoms with Gasteiger partial charge in [-0.3, -0.25) is 4.79 Å². The Balaban J connectivity index is 1.76. The van der Waals surface area contributed by atoms with Gasteiger partial charge in [-0.25, -0.2) is 4.68 Å². The van der Waals surface area contributed by atoms with Crippen molar-refractivity contribution < 1.29 is 14.3 Å². The zero-order chi connectivity index (χ0) is 22.8. The molecule has 162 valence electrons. The Kier molecular flexibility index (Phi) is 5.71. The summed E-state index contributed by atoms with van der Waals surface area (Å²) in [5.74, 6) is 0.937. The van der Waals surface area contributed by atoms with E-state index in [1.54, 1.807) is 48.0 Å². The van der Waals surface area contributed by atoms with Crippen LogP contribution in [0.15, 0.2) is 54.0 Å². The van der Waals surface area contributed by atoms with E-state index in [2.05, 4.69) is 26.8 Å². The molecule has 1 atom stereocenters. The van der Waals surface area contributed by atoms with Gasteiger partial charge < -0.3 is 20.1 Å². The van der Waals surface area contributed by atoms with Gasteiger partial charge in [0.25, 0.3) is 5.91 Å². The third kappa shape index (κ3) is 3.72. The van der Waals surface area contributed by atoms with Crippen LogP contribution in [0, 0.1) is 11.3 Å². The van der Waals surface area contributed by atoms with Gasteiger partial charge in [-0.05, 0) is 24.6 Å². The Hall–Kier alpha value is -4.03. The zero-order valence-corrected chi connectivity index (χ0v) is 18.3. The summed E-state index contributed by atoms with van der Waals surface area (Å²) in [5, 5.41) is 19.8. The molecular formula is C22H19ClN6O3. The van der Waals surface area contributed by atoms with Crippen LogP contribution in [-0.4, -0.2) is 34.9 Å². The molecule has 0 bridgehead atoms. The third-order valence-corrected chi connectivity index (χ3v) is 5.41. The number of nitrogens with one attached hydrogen (secondary N) is 2. The number of carbonyl (C=O) groups is 1. The van der Waals surface area contributed by atoms with E-state index in [4.69, 9.17) is 26.3 Å². The summed E-state index contributed by atoms with van der Waals surface area (Å²) >= 11 is 6.18. The van der Waals surface area contributed by atoms with E-state index in [-0.39, 0.29) is 5.91 Å². The number of methoxy groups -OCH3 is 2. The molecular weight excluding hydrogens is 432 g/mol.